The Labute approximate surface area is 108 Å². The number of rotatable bonds is 6. The smallest absolute Gasteiger partial charge is 0.409 e. The maximum atomic E-state index is 11.4. The molecular formula is C14H20N2O2. The van der Waals surface area contributed by atoms with Crippen molar-refractivity contribution in [2.75, 3.05) is 6.54 Å². The summed E-state index contributed by atoms with van der Waals surface area (Å²) in [6, 6.07) is 8.93. The molecule has 0 spiro atoms. The van der Waals surface area contributed by atoms with Crippen LogP contribution in [0, 0.1) is 5.41 Å². The molecular weight excluding hydrogens is 228 g/mol. The average Bonchev–Trinajstić information content (AvgIpc) is 2.29. The fourth-order valence-corrected chi connectivity index (χ4v) is 1.44. The van der Waals surface area contributed by atoms with Crippen LogP contribution in [0.1, 0.15) is 20.3 Å². The fraction of sp³-hybridized carbons (Fsp3) is 0.357. The number of carbonyl (C=O) groups is 1. The number of allylic oxidation sites excluding steroid dienone is 1. The van der Waals surface area contributed by atoms with Crippen LogP contribution >= 0.6 is 0 Å². The molecule has 2 N–H and O–H groups in total. The van der Waals surface area contributed by atoms with Gasteiger partial charge in [-0.05, 0) is 24.0 Å². The highest BCUT2D eigenvalue weighted by atomic mass is 16.6. The summed E-state index contributed by atoms with van der Waals surface area (Å²) < 4.78 is 5.06. The zero-order valence-corrected chi connectivity index (χ0v) is 10.9. The second-order valence-electron chi connectivity index (χ2n) is 4.84. The average molecular weight is 248 g/mol. The molecule has 0 unspecified atom stereocenters. The van der Waals surface area contributed by atoms with E-state index in [-0.39, 0.29) is 5.41 Å². The molecule has 98 valence electrons. The molecule has 1 aromatic rings. The van der Waals surface area contributed by atoms with Crippen molar-refractivity contribution in [1.29, 1.82) is 0 Å². The number of hydrazine groups is 1. The van der Waals surface area contributed by atoms with Crippen LogP contribution in [0.2, 0.25) is 0 Å². The minimum atomic E-state index is -0.518. The summed E-state index contributed by atoms with van der Waals surface area (Å²) in [6.07, 6.45) is 2.22. The van der Waals surface area contributed by atoms with Gasteiger partial charge in [-0.25, -0.2) is 10.2 Å². The van der Waals surface area contributed by atoms with Crippen LogP contribution in [0.3, 0.4) is 0 Å². The third-order valence-electron chi connectivity index (χ3n) is 2.41. The first-order valence-corrected chi connectivity index (χ1v) is 5.90. The molecule has 0 aromatic heterocycles. The Morgan fingerprint density at radius 1 is 1.39 bits per heavy atom. The molecule has 18 heavy (non-hydrogen) atoms. The van der Waals surface area contributed by atoms with Gasteiger partial charge in [-0.3, -0.25) is 5.43 Å². The highest BCUT2D eigenvalue weighted by molar-refractivity contribution is 5.69. The van der Waals surface area contributed by atoms with Crippen LogP contribution in [0.15, 0.2) is 43.0 Å². The number of nitrogens with one attached hydrogen (secondary N) is 2. The number of hydrogen-bond acceptors (Lipinski definition) is 3. The first kappa shape index (κ1) is 14.3. The van der Waals surface area contributed by atoms with Crippen molar-refractivity contribution in [3.63, 3.8) is 0 Å². The number of hydrogen-bond donors (Lipinski definition) is 2. The lowest BCUT2D eigenvalue weighted by atomic mass is 9.90. The summed E-state index contributed by atoms with van der Waals surface area (Å²) in [4.78, 5) is 11.4. The molecule has 0 bridgehead atoms. The maximum Gasteiger partial charge on any atom is 0.427 e. The van der Waals surface area contributed by atoms with E-state index in [1.807, 2.05) is 24.3 Å². The van der Waals surface area contributed by atoms with E-state index in [9.17, 15) is 4.79 Å². The Morgan fingerprint density at radius 3 is 2.67 bits per heavy atom. The maximum absolute atomic E-state index is 11.4. The summed E-state index contributed by atoms with van der Waals surface area (Å²) >= 11 is 0. The van der Waals surface area contributed by atoms with Gasteiger partial charge in [-0.1, -0.05) is 38.1 Å². The van der Waals surface area contributed by atoms with E-state index in [1.54, 1.807) is 12.1 Å². The van der Waals surface area contributed by atoms with Crippen molar-refractivity contribution in [3.05, 3.63) is 43.0 Å². The number of ether oxygens (including phenoxy) is 1. The van der Waals surface area contributed by atoms with Gasteiger partial charge in [0.1, 0.15) is 5.75 Å². The molecule has 4 nitrogen and oxygen atoms in total. The van der Waals surface area contributed by atoms with Gasteiger partial charge >= 0.3 is 6.09 Å². The molecule has 1 amide bonds. The molecule has 0 aliphatic heterocycles. The quantitative estimate of drug-likeness (QED) is 0.601. The Morgan fingerprint density at radius 2 is 2.06 bits per heavy atom. The minimum Gasteiger partial charge on any atom is -0.409 e. The third kappa shape index (κ3) is 5.50. The van der Waals surface area contributed by atoms with E-state index in [1.165, 1.54) is 0 Å². The molecule has 4 heteroatoms. The van der Waals surface area contributed by atoms with Crippen LogP contribution < -0.4 is 15.6 Å². The molecule has 0 saturated heterocycles. The lowest BCUT2D eigenvalue weighted by molar-refractivity contribution is 0.191. The van der Waals surface area contributed by atoms with Gasteiger partial charge in [0.05, 0.1) is 0 Å². The Hall–Kier alpha value is -1.81. The summed E-state index contributed by atoms with van der Waals surface area (Å²) in [5, 5.41) is 0. The highest BCUT2D eigenvalue weighted by Gasteiger charge is 2.15. The van der Waals surface area contributed by atoms with E-state index < -0.39 is 6.09 Å². The van der Waals surface area contributed by atoms with Crippen LogP contribution in [0.25, 0.3) is 0 Å². The van der Waals surface area contributed by atoms with Crippen molar-refractivity contribution in [3.8, 4) is 5.75 Å². The molecule has 1 aromatic carbocycles. The van der Waals surface area contributed by atoms with E-state index in [4.69, 9.17) is 4.74 Å². The molecule has 0 heterocycles. The molecule has 0 fully saturated rings. The van der Waals surface area contributed by atoms with Crippen molar-refractivity contribution >= 4 is 6.09 Å². The number of carbonyl (C=O) groups excluding carboxylic acids is 1. The first-order valence-electron chi connectivity index (χ1n) is 5.90. The number of benzene rings is 1. The lowest BCUT2D eigenvalue weighted by Crippen LogP contribution is -2.43. The van der Waals surface area contributed by atoms with Crippen LogP contribution in [0.4, 0.5) is 4.79 Å². The lowest BCUT2D eigenvalue weighted by Gasteiger charge is -2.23. The van der Waals surface area contributed by atoms with Crippen molar-refractivity contribution in [2.45, 2.75) is 20.3 Å². The fourth-order valence-electron chi connectivity index (χ4n) is 1.44. The molecule has 0 atom stereocenters. The zero-order valence-electron chi connectivity index (χ0n) is 10.9. The summed E-state index contributed by atoms with van der Waals surface area (Å²) in [5.74, 6) is 0.516. The second-order valence-corrected chi connectivity index (χ2v) is 4.84. The summed E-state index contributed by atoms with van der Waals surface area (Å²) in [6.45, 7) is 8.53. The molecule has 0 saturated carbocycles. The minimum absolute atomic E-state index is 0.0434. The van der Waals surface area contributed by atoms with Crippen LogP contribution in [0.5, 0.6) is 5.75 Å². The number of para-hydroxylation sites is 1. The van der Waals surface area contributed by atoms with E-state index in [0.29, 0.717) is 12.3 Å². The predicted octanol–water partition coefficient (Wildman–Crippen LogP) is 2.88. The Bertz CT molecular complexity index is 388. The molecule has 1 rings (SSSR count). The van der Waals surface area contributed by atoms with Gasteiger partial charge in [0, 0.05) is 6.54 Å². The Kier molecular flexibility index (Phi) is 5.39. The van der Waals surface area contributed by atoms with Crippen molar-refractivity contribution < 1.29 is 9.53 Å². The van der Waals surface area contributed by atoms with E-state index >= 15 is 0 Å². The van der Waals surface area contributed by atoms with Crippen molar-refractivity contribution in [1.82, 2.24) is 10.9 Å². The van der Waals surface area contributed by atoms with Gasteiger partial charge in [0.25, 0.3) is 0 Å². The summed E-state index contributed by atoms with van der Waals surface area (Å²) in [7, 11) is 0. The van der Waals surface area contributed by atoms with Gasteiger partial charge in [0.15, 0.2) is 0 Å². The van der Waals surface area contributed by atoms with Gasteiger partial charge in [-0.15, -0.1) is 6.58 Å². The van der Waals surface area contributed by atoms with Crippen molar-refractivity contribution in [2.24, 2.45) is 5.41 Å². The second kappa shape index (κ2) is 6.81. The first-order chi connectivity index (χ1) is 8.53. The van der Waals surface area contributed by atoms with Gasteiger partial charge in [-0.2, -0.15) is 0 Å². The SMILES string of the molecule is C=CCC(C)(C)CNNC(=O)Oc1ccccc1. The predicted molar refractivity (Wildman–Crippen MR) is 72.2 cm³/mol. The van der Waals surface area contributed by atoms with Crippen LogP contribution in [-0.2, 0) is 0 Å². The highest BCUT2D eigenvalue weighted by Crippen LogP contribution is 2.18. The largest absolute Gasteiger partial charge is 0.427 e. The number of amides is 1. The van der Waals surface area contributed by atoms with Gasteiger partial charge in [0.2, 0.25) is 0 Å². The van der Waals surface area contributed by atoms with E-state index in [0.717, 1.165) is 6.42 Å². The third-order valence-corrected chi connectivity index (χ3v) is 2.41. The Balaban J connectivity index is 2.28. The molecule has 0 radical (unpaired) electrons. The summed E-state index contributed by atoms with van der Waals surface area (Å²) in [5.41, 5.74) is 5.40. The molecule has 0 aliphatic rings. The molecule has 0 aliphatic carbocycles. The zero-order chi connectivity index (χ0) is 13.4. The standard InChI is InChI=1S/C14H20N2O2/c1-4-10-14(2,3)11-15-16-13(17)18-12-8-6-5-7-9-12/h4-9,15H,1,10-11H2,2-3H3,(H,16,17). The van der Waals surface area contributed by atoms with Crippen LogP contribution in [-0.4, -0.2) is 12.6 Å². The topological polar surface area (TPSA) is 50.4 Å². The monoisotopic (exact) mass is 248 g/mol. The van der Waals surface area contributed by atoms with Gasteiger partial charge < -0.3 is 4.74 Å². The van der Waals surface area contributed by atoms with E-state index in [2.05, 4.69) is 31.3 Å². The normalized spacial score (nSPS) is 10.8.